The van der Waals surface area contributed by atoms with Gasteiger partial charge in [-0.25, -0.2) is 0 Å². The first-order valence-electron chi connectivity index (χ1n) is 11.9. The molecule has 0 saturated heterocycles. The summed E-state index contributed by atoms with van der Waals surface area (Å²) in [5.74, 6) is -0.320. The van der Waals surface area contributed by atoms with Gasteiger partial charge in [-0.05, 0) is 53.1 Å². The number of hydrogen-bond donors (Lipinski definition) is 1. The first-order chi connectivity index (χ1) is 18.4. The molecule has 4 aromatic rings. The summed E-state index contributed by atoms with van der Waals surface area (Å²) in [6.45, 7) is 0.138. The average Bonchev–Trinajstić information content (AvgIpc) is 2.93. The smallest absolute Gasteiger partial charge is 0.261 e. The van der Waals surface area contributed by atoms with Gasteiger partial charge in [-0.2, -0.15) is 0 Å². The first-order valence-corrected chi connectivity index (χ1v) is 13.0. The van der Waals surface area contributed by atoms with Gasteiger partial charge >= 0.3 is 0 Å². The summed E-state index contributed by atoms with van der Waals surface area (Å²) >= 11 is 18.3. The third-order valence-corrected chi connectivity index (χ3v) is 6.65. The standard InChI is InChI=1S/C30H25Cl3N2O3/c31-24-14-10-21(11-15-24)18-34-30(37)29(23-6-2-1-3-7-23)35(19-22-12-16-25(32)17-13-22)28(36)20-38-27-9-5-4-8-26(27)33/h1-17,29H,18-20H2,(H,34,37). The van der Waals surface area contributed by atoms with Gasteiger partial charge in [0.05, 0.1) is 5.02 Å². The summed E-state index contributed by atoms with van der Waals surface area (Å²) < 4.78 is 5.75. The Morgan fingerprint density at radius 1 is 0.737 bits per heavy atom. The van der Waals surface area contributed by atoms with Crippen LogP contribution in [0, 0.1) is 0 Å². The second kappa shape index (κ2) is 13.3. The van der Waals surface area contributed by atoms with E-state index < -0.39 is 6.04 Å². The number of ether oxygens (including phenoxy) is 1. The molecule has 0 spiro atoms. The minimum Gasteiger partial charge on any atom is -0.482 e. The Balaban J connectivity index is 1.63. The minimum atomic E-state index is -0.915. The number of nitrogens with one attached hydrogen (secondary N) is 1. The van der Waals surface area contributed by atoms with Gasteiger partial charge in [0, 0.05) is 23.1 Å². The Hall–Kier alpha value is -3.51. The number of nitrogens with zero attached hydrogens (tertiary/aromatic N) is 1. The van der Waals surface area contributed by atoms with Gasteiger partial charge in [0.15, 0.2) is 6.61 Å². The zero-order valence-electron chi connectivity index (χ0n) is 20.3. The maximum atomic E-state index is 13.7. The molecule has 0 bridgehead atoms. The van der Waals surface area contributed by atoms with E-state index in [0.717, 1.165) is 11.1 Å². The lowest BCUT2D eigenvalue weighted by atomic mass is 10.0. The molecule has 4 rings (SSSR count). The second-order valence-corrected chi connectivity index (χ2v) is 9.80. The highest BCUT2D eigenvalue weighted by Crippen LogP contribution is 2.27. The summed E-state index contributed by atoms with van der Waals surface area (Å²) in [5, 5.41) is 4.55. The molecule has 1 atom stereocenters. The van der Waals surface area contributed by atoms with Crippen molar-refractivity contribution >= 4 is 46.6 Å². The maximum Gasteiger partial charge on any atom is 0.261 e. The van der Waals surface area contributed by atoms with Crippen LogP contribution in [0.5, 0.6) is 5.75 Å². The van der Waals surface area contributed by atoms with Crippen LogP contribution in [0.2, 0.25) is 15.1 Å². The highest BCUT2D eigenvalue weighted by molar-refractivity contribution is 6.32. The largest absolute Gasteiger partial charge is 0.482 e. The van der Waals surface area contributed by atoms with Crippen LogP contribution < -0.4 is 10.1 Å². The van der Waals surface area contributed by atoms with Crippen LogP contribution in [-0.2, 0) is 22.7 Å². The predicted molar refractivity (Wildman–Crippen MR) is 151 cm³/mol. The third kappa shape index (κ3) is 7.51. The minimum absolute atomic E-state index is 0.163. The molecule has 5 nitrogen and oxygen atoms in total. The number of benzene rings is 4. The predicted octanol–water partition coefficient (Wildman–Crippen LogP) is 7.11. The van der Waals surface area contributed by atoms with Crippen LogP contribution in [0.3, 0.4) is 0 Å². The molecule has 0 aliphatic heterocycles. The summed E-state index contributed by atoms with van der Waals surface area (Å²) in [6, 6.07) is 29.5. The third-order valence-electron chi connectivity index (χ3n) is 5.83. The number of hydrogen-bond acceptors (Lipinski definition) is 3. The quantitative estimate of drug-likeness (QED) is 0.222. The molecule has 0 saturated carbocycles. The van der Waals surface area contributed by atoms with Crippen molar-refractivity contribution in [3.8, 4) is 5.75 Å². The van der Waals surface area contributed by atoms with E-state index in [4.69, 9.17) is 39.5 Å². The van der Waals surface area contributed by atoms with Crippen molar-refractivity contribution in [1.82, 2.24) is 10.2 Å². The Morgan fingerprint density at radius 3 is 1.95 bits per heavy atom. The molecule has 194 valence electrons. The highest BCUT2D eigenvalue weighted by atomic mass is 35.5. The van der Waals surface area contributed by atoms with Crippen molar-refractivity contribution in [2.45, 2.75) is 19.1 Å². The van der Waals surface area contributed by atoms with Crippen LogP contribution in [0.15, 0.2) is 103 Å². The summed E-state index contributed by atoms with van der Waals surface area (Å²) in [4.78, 5) is 28.9. The molecular weight excluding hydrogens is 543 g/mol. The van der Waals surface area contributed by atoms with Crippen molar-refractivity contribution in [1.29, 1.82) is 0 Å². The lowest BCUT2D eigenvalue weighted by Gasteiger charge is -2.31. The van der Waals surface area contributed by atoms with Crippen molar-refractivity contribution in [2.24, 2.45) is 0 Å². The van der Waals surface area contributed by atoms with Gasteiger partial charge in [0.1, 0.15) is 11.8 Å². The highest BCUT2D eigenvalue weighted by Gasteiger charge is 2.32. The van der Waals surface area contributed by atoms with Crippen molar-refractivity contribution in [3.63, 3.8) is 0 Å². The van der Waals surface area contributed by atoms with Crippen LogP contribution in [0.25, 0.3) is 0 Å². The molecule has 38 heavy (non-hydrogen) atoms. The fourth-order valence-electron chi connectivity index (χ4n) is 3.89. The normalized spacial score (nSPS) is 11.4. The van der Waals surface area contributed by atoms with Gasteiger partial charge in [0.25, 0.3) is 5.91 Å². The number of amides is 2. The lowest BCUT2D eigenvalue weighted by Crippen LogP contribution is -2.45. The zero-order chi connectivity index (χ0) is 26.9. The van der Waals surface area contributed by atoms with E-state index in [9.17, 15) is 9.59 Å². The van der Waals surface area contributed by atoms with Crippen LogP contribution >= 0.6 is 34.8 Å². The fourth-order valence-corrected chi connectivity index (χ4v) is 4.33. The zero-order valence-corrected chi connectivity index (χ0v) is 22.6. The molecule has 0 aliphatic rings. The topological polar surface area (TPSA) is 58.6 Å². The molecule has 0 aromatic heterocycles. The molecule has 2 amide bonds. The molecule has 0 fully saturated rings. The van der Waals surface area contributed by atoms with Crippen LogP contribution in [0.4, 0.5) is 0 Å². The lowest BCUT2D eigenvalue weighted by molar-refractivity contribution is -0.143. The van der Waals surface area contributed by atoms with Gasteiger partial charge in [-0.15, -0.1) is 0 Å². The van der Waals surface area contributed by atoms with E-state index in [1.165, 1.54) is 4.90 Å². The fraction of sp³-hybridized carbons (Fsp3) is 0.133. The number of carbonyl (C=O) groups is 2. The van der Waals surface area contributed by atoms with E-state index >= 15 is 0 Å². The molecule has 8 heteroatoms. The number of halogens is 3. The van der Waals surface area contributed by atoms with Gasteiger partial charge < -0.3 is 15.0 Å². The summed E-state index contributed by atoms with van der Waals surface area (Å²) in [6.07, 6.45) is 0. The number of rotatable bonds is 10. The molecule has 0 heterocycles. The molecule has 0 radical (unpaired) electrons. The second-order valence-electron chi connectivity index (χ2n) is 8.52. The number of para-hydroxylation sites is 1. The van der Waals surface area contributed by atoms with Gasteiger partial charge in [0.2, 0.25) is 5.91 Å². The molecule has 1 unspecified atom stereocenters. The molecular formula is C30H25Cl3N2O3. The van der Waals surface area contributed by atoms with Gasteiger partial charge in [-0.3, -0.25) is 9.59 Å². The average molecular weight is 568 g/mol. The SMILES string of the molecule is O=C(NCc1ccc(Cl)cc1)C(c1ccccc1)N(Cc1ccc(Cl)cc1)C(=O)COc1ccccc1Cl. The van der Waals surface area contributed by atoms with Crippen LogP contribution in [-0.4, -0.2) is 23.3 Å². The van der Waals surface area contributed by atoms with Gasteiger partial charge in [-0.1, -0.05) is 102 Å². The van der Waals surface area contributed by atoms with E-state index in [2.05, 4.69) is 5.32 Å². The number of carbonyl (C=O) groups excluding carboxylic acids is 2. The summed E-state index contributed by atoms with van der Waals surface area (Å²) in [5.41, 5.74) is 2.36. The Morgan fingerprint density at radius 2 is 1.32 bits per heavy atom. The Kier molecular flexibility index (Phi) is 9.66. The Labute approximate surface area is 236 Å². The first kappa shape index (κ1) is 27.5. The Bertz CT molecular complexity index is 1360. The van der Waals surface area contributed by atoms with E-state index in [0.29, 0.717) is 26.4 Å². The van der Waals surface area contributed by atoms with Crippen LogP contribution in [0.1, 0.15) is 22.7 Å². The maximum absolute atomic E-state index is 13.7. The molecule has 0 aliphatic carbocycles. The van der Waals surface area contributed by atoms with Crippen molar-refractivity contribution in [2.75, 3.05) is 6.61 Å². The van der Waals surface area contributed by atoms with E-state index in [-0.39, 0.29) is 31.5 Å². The summed E-state index contributed by atoms with van der Waals surface area (Å²) in [7, 11) is 0. The molecule has 4 aromatic carbocycles. The van der Waals surface area contributed by atoms with E-state index in [1.54, 1.807) is 48.5 Å². The van der Waals surface area contributed by atoms with E-state index in [1.807, 2.05) is 54.6 Å². The molecule has 1 N–H and O–H groups in total. The van der Waals surface area contributed by atoms with Crippen molar-refractivity contribution in [3.05, 3.63) is 135 Å². The monoisotopic (exact) mass is 566 g/mol. The van der Waals surface area contributed by atoms with Crippen molar-refractivity contribution < 1.29 is 14.3 Å².